The van der Waals surface area contributed by atoms with Gasteiger partial charge in [-0.2, -0.15) is 0 Å². The van der Waals surface area contributed by atoms with E-state index < -0.39 is 5.82 Å². The van der Waals surface area contributed by atoms with Gasteiger partial charge in [-0.05, 0) is 36.5 Å². The van der Waals surface area contributed by atoms with E-state index in [9.17, 15) is 4.39 Å². The van der Waals surface area contributed by atoms with Crippen LogP contribution in [0.1, 0.15) is 36.3 Å². The third-order valence-electron chi connectivity index (χ3n) is 2.94. The van der Waals surface area contributed by atoms with E-state index >= 15 is 0 Å². The molecular weight excluding hydrogens is 252 g/mol. The highest BCUT2D eigenvalue weighted by atomic mass is 35.5. The van der Waals surface area contributed by atoms with Crippen molar-refractivity contribution in [1.29, 1.82) is 0 Å². The molecule has 0 atom stereocenters. The van der Waals surface area contributed by atoms with Gasteiger partial charge in [0.25, 0.3) is 0 Å². The zero-order valence-corrected chi connectivity index (χ0v) is 9.89. The lowest BCUT2D eigenvalue weighted by Gasteiger charge is -2.27. The monoisotopic (exact) mass is 261 g/mol. The minimum absolute atomic E-state index is 0.0930. The molecule has 1 aromatic carbocycles. The Balaban J connectivity index is 2.46. The zero-order chi connectivity index (χ0) is 11.7. The van der Waals surface area contributed by atoms with Gasteiger partial charge in [0.2, 0.25) is 0 Å². The summed E-state index contributed by atoms with van der Waals surface area (Å²) in [4.78, 5) is 0. The predicted octanol–water partition coefficient (Wildman–Crippen LogP) is 4.12. The minimum atomic E-state index is -0.573. The smallest absolute Gasteiger partial charge is 0.178 e. The maximum Gasteiger partial charge on any atom is 0.178 e. The molecular formula is C11H10Cl2FNO. The number of hydrogen-bond acceptors (Lipinski definition) is 2. The van der Waals surface area contributed by atoms with Crippen molar-refractivity contribution < 1.29 is 9.60 Å². The Kier molecular flexibility index (Phi) is 3.36. The summed E-state index contributed by atoms with van der Waals surface area (Å²) >= 11 is 11.6. The van der Waals surface area contributed by atoms with Gasteiger partial charge >= 0.3 is 0 Å². The summed E-state index contributed by atoms with van der Waals surface area (Å²) in [6, 6.07) is 2.79. The first kappa shape index (κ1) is 11.7. The molecule has 1 fully saturated rings. The Labute approximate surface area is 103 Å². The fraction of sp³-hybridized carbons (Fsp3) is 0.364. The largest absolute Gasteiger partial charge is 0.410 e. The third-order valence-corrected chi connectivity index (χ3v) is 3.55. The van der Waals surface area contributed by atoms with E-state index in [4.69, 9.17) is 28.4 Å². The second kappa shape index (κ2) is 4.60. The average Bonchev–Trinajstić information content (AvgIpc) is 2.18. The van der Waals surface area contributed by atoms with Crippen molar-refractivity contribution in [2.75, 3.05) is 0 Å². The SMILES string of the molecule is O/N=C(/Cl)c1cc(C2CCC2)c(Cl)cc1F. The molecule has 0 heterocycles. The van der Waals surface area contributed by atoms with Crippen LogP contribution < -0.4 is 0 Å². The molecule has 2 rings (SSSR count). The van der Waals surface area contributed by atoms with Gasteiger partial charge in [-0.3, -0.25) is 0 Å². The van der Waals surface area contributed by atoms with Crippen molar-refractivity contribution in [2.24, 2.45) is 5.16 Å². The molecule has 86 valence electrons. The Morgan fingerprint density at radius 2 is 2.12 bits per heavy atom. The summed E-state index contributed by atoms with van der Waals surface area (Å²) < 4.78 is 13.5. The molecule has 0 aromatic heterocycles. The molecule has 0 amide bonds. The summed E-state index contributed by atoms with van der Waals surface area (Å²) in [5.74, 6) is -0.203. The van der Waals surface area contributed by atoms with Gasteiger partial charge < -0.3 is 5.21 Å². The summed E-state index contributed by atoms with van der Waals surface area (Å²) in [6.45, 7) is 0. The molecule has 0 unspecified atom stereocenters. The lowest BCUT2D eigenvalue weighted by molar-refractivity contribution is 0.320. The number of hydrogen-bond donors (Lipinski definition) is 1. The number of benzene rings is 1. The molecule has 5 heteroatoms. The number of rotatable bonds is 2. The van der Waals surface area contributed by atoms with E-state index in [-0.39, 0.29) is 10.7 Å². The van der Waals surface area contributed by atoms with E-state index in [1.54, 1.807) is 6.07 Å². The Morgan fingerprint density at radius 3 is 2.62 bits per heavy atom. The number of halogens is 3. The fourth-order valence-electron chi connectivity index (χ4n) is 1.81. The van der Waals surface area contributed by atoms with Crippen molar-refractivity contribution in [3.05, 3.63) is 34.1 Å². The fourth-order valence-corrected chi connectivity index (χ4v) is 2.26. The van der Waals surface area contributed by atoms with Crippen LogP contribution in [0.25, 0.3) is 0 Å². The first-order valence-corrected chi connectivity index (χ1v) is 5.76. The van der Waals surface area contributed by atoms with Gasteiger partial charge in [0.15, 0.2) is 5.17 Å². The van der Waals surface area contributed by atoms with Gasteiger partial charge in [0.1, 0.15) is 5.82 Å². The van der Waals surface area contributed by atoms with Crippen LogP contribution in [0, 0.1) is 5.82 Å². The van der Waals surface area contributed by atoms with Gasteiger partial charge in [0.05, 0.1) is 5.56 Å². The van der Waals surface area contributed by atoms with Crippen LogP contribution in [-0.4, -0.2) is 10.4 Å². The predicted molar refractivity (Wildman–Crippen MR) is 62.2 cm³/mol. The normalized spacial score (nSPS) is 17.3. The molecule has 16 heavy (non-hydrogen) atoms. The summed E-state index contributed by atoms with van der Waals surface area (Å²) in [7, 11) is 0. The standard InChI is InChI=1S/C11H10Cl2FNO/c12-9-5-10(14)8(11(13)15-16)4-7(9)6-2-1-3-6/h4-6,16H,1-3H2/b15-11+. The first-order valence-electron chi connectivity index (χ1n) is 5.00. The summed E-state index contributed by atoms with van der Waals surface area (Å²) in [6.07, 6.45) is 3.27. The molecule has 1 aliphatic rings. The molecule has 0 bridgehead atoms. The second-order valence-electron chi connectivity index (χ2n) is 3.87. The highest BCUT2D eigenvalue weighted by molar-refractivity contribution is 6.69. The van der Waals surface area contributed by atoms with Gasteiger partial charge in [-0.25, -0.2) is 4.39 Å². The Bertz CT molecular complexity index is 444. The molecule has 0 spiro atoms. The van der Waals surface area contributed by atoms with Crippen LogP contribution in [0.15, 0.2) is 17.3 Å². The molecule has 1 saturated carbocycles. The van der Waals surface area contributed by atoms with Crippen LogP contribution in [-0.2, 0) is 0 Å². The minimum Gasteiger partial charge on any atom is -0.410 e. The number of nitrogens with zero attached hydrogens (tertiary/aromatic N) is 1. The van der Waals surface area contributed by atoms with Gasteiger partial charge in [0, 0.05) is 5.02 Å². The molecule has 1 aromatic rings. The molecule has 0 saturated heterocycles. The Hall–Kier alpha value is -0.800. The molecule has 1 N–H and O–H groups in total. The highest BCUT2D eigenvalue weighted by Crippen LogP contribution is 2.40. The quantitative estimate of drug-likeness (QED) is 0.485. The zero-order valence-electron chi connectivity index (χ0n) is 8.38. The highest BCUT2D eigenvalue weighted by Gasteiger charge is 2.24. The van der Waals surface area contributed by atoms with Crippen LogP contribution in [0.5, 0.6) is 0 Å². The topological polar surface area (TPSA) is 32.6 Å². The van der Waals surface area contributed by atoms with Gasteiger partial charge in [-0.15, -0.1) is 0 Å². The third kappa shape index (κ3) is 2.02. The van der Waals surface area contributed by atoms with E-state index in [0.717, 1.165) is 24.8 Å². The van der Waals surface area contributed by atoms with Crippen molar-refractivity contribution in [3.8, 4) is 0 Å². The molecule has 0 radical (unpaired) electrons. The lowest BCUT2D eigenvalue weighted by Crippen LogP contribution is -2.11. The van der Waals surface area contributed by atoms with Crippen LogP contribution in [0.2, 0.25) is 5.02 Å². The average molecular weight is 262 g/mol. The first-order chi connectivity index (χ1) is 7.63. The van der Waals surface area contributed by atoms with Crippen LogP contribution >= 0.6 is 23.2 Å². The van der Waals surface area contributed by atoms with Gasteiger partial charge in [-0.1, -0.05) is 34.8 Å². The second-order valence-corrected chi connectivity index (χ2v) is 4.64. The number of oxime groups is 1. The van der Waals surface area contributed by atoms with Crippen molar-refractivity contribution in [2.45, 2.75) is 25.2 Å². The summed E-state index contributed by atoms with van der Waals surface area (Å²) in [5.41, 5.74) is 0.974. The Morgan fingerprint density at radius 1 is 1.44 bits per heavy atom. The van der Waals surface area contributed by atoms with Crippen molar-refractivity contribution >= 4 is 28.4 Å². The van der Waals surface area contributed by atoms with Crippen molar-refractivity contribution in [1.82, 2.24) is 0 Å². The molecule has 0 aliphatic heterocycles. The summed E-state index contributed by atoms with van der Waals surface area (Å²) in [5, 5.41) is 11.5. The molecule has 1 aliphatic carbocycles. The maximum atomic E-state index is 13.5. The van der Waals surface area contributed by atoms with E-state index in [2.05, 4.69) is 5.16 Å². The van der Waals surface area contributed by atoms with Crippen molar-refractivity contribution in [3.63, 3.8) is 0 Å². The van der Waals surface area contributed by atoms with Crippen LogP contribution in [0.3, 0.4) is 0 Å². The maximum absolute atomic E-state index is 13.5. The van der Waals surface area contributed by atoms with Crippen LogP contribution in [0.4, 0.5) is 4.39 Å². The van der Waals surface area contributed by atoms with E-state index in [1.165, 1.54) is 6.07 Å². The van der Waals surface area contributed by atoms with E-state index in [0.29, 0.717) is 10.9 Å². The van der Waals surface area contributed by atoms with E-state index in [1.807, 2.05) is 0 Å². The lowest BCUT2D eigenvalue weighted by atomic mass is 9.79. The molecule has 2 nitrogen and oxygen atoms in total.